The molecule has 6 nitrogen and oxygen atoms in total. The van der Waals surface area contributed by atoms with Crippen LogP contribution in [0.1, 0.15) is 31.5 Å². The smallest absolute Gasteiger partial charge is 0.258 e. The lowest BCUT2D eigenvalue weighted by Gasteiger charge is -2.15. The van der Waals surface area contributed by atoms with Crippen LogP contribution in [0.3, 0.4) is 0 Å². The van der Waals surface area contributed by atoms with Gasteiger partial charge in [-0.15, -0.1) is 0 Å². The van der Waals surface area contributed by atoms with Crippen molar-refractivity contribution in [1.29, 1.82) is 0 Å². The van der Waals surface area contributed by atoms with Gasteiger partial charge in [-0.3, -0.25) is 9.59 Å². The number of hydrogen-bond donors (Lipinski definition) is 3. The fraction of sp³-hybridized carbons (Fsp3) is 0.471. The minimum atomic E-state index is -0.132. The number of nitrogens with one attached hydrogen (secondary N) is 2. The Kier molecular flexibility index (Phi) is 4.71. The molecule has 0 spiro atoms. The second-order valence-corrected chi connectivity index (χ2v) is 6.13. The van der Waals surface area contributed by atoms with Crippen LogP contribution in [-0.4, -0.2) is 28.5 Å². The number of rotatable bonds is 7. The molecule has 1 unspecified atom stereocenters. The Morgan fingerprint density at radius 1 is 1.39 bits per heavy atom. The van der Waals surface area contributed by atoms with Crippen LogP contribution in [0.5, 0.6) is 0 Å². The van der Waals surface area contributed by atoms with Crippen LogP contribution in [0.4, 0.5) is 0 Å². The quantitative estimate of drug-likeness (QED) is 0.712. The second-order valence-electron chi connectivity index (χ2n) is 6.13. The second kappa shape index (κ2) is 6.91. The number of carbonyl (C=O) groups is 1. The van der Waals surface area contributed by atoms with Gasteiger partial charge in [-0.05, 0) is 37.3 Å². The molecule has 6 heteroatoms. The molecule has 1 aliphatic carbocycles. The molecule has 4 N–H and O–H groups in total. The molecular weight excluding hydrogens is 292 g/mol. The van der Waals surface area contributed by atoms with Crippen molar-refractivity contribution < 1.29 is 4.79 Å². The number of aryl methyl sites for hydroxylation is 1. The van der Waals surface area contributed by atoms with Gasteiger partial charge in [-0.25, -0.2) is 4.98 Å². The first-order chi connectivity index (χ1) is 11.2. The highest BCUT2D eigenvalue weighted by Crippen LogP contribution is 2.32. The third kappa shape index (κ3) is 3.96. The van der Waals surface area contributed by atoms with Crippen LogP contribution in [0.15, 0.2) is 29.1 Å². The first-order valence-electron chi connectivity index (χ1n) is 8.14. The molecule has 23 heavy (non-hydrogen) atoms. The summed E-state index contributed by atoms with van der Waals surface area (Å²) in [7, 11) is 0. The summed E-state index contributed by atoms with van der Waals surface area (Å²) in [5, 5.41) is 3.59. The fourth-order valence-electron chi connectivity index (χ4n) is 2.82. The minimum absolute atomic E-state index is 0.0236. The van der Waals surface area contributed by atoms with E-state index in [1.54, 1.807) is 6.07 Å². The van der Waals surface area contributed by atoms with Gasteiger partial charge in [0.15, 0.2) is 0 Å². The summed E-state index contributed by atoms with van der Waals surface area (Å²) >= 11 is 0. The first kappa shape index (κ1) is 15.7. The SMILES string of the molecule is NCC(NC(=O)CCCc1nc2ccccc2c(=O)[nH]1)C1CC1. The molecule has 1 aromatic heterocycles. The third-order valence-corrected chi connectivity index (χ3v) is 4.27. The lowest BCUT2D eigenvalue weighted by atomic mass is 10.1. The van der Waals surface area contributed by atoms with Crippen LogP contribution in [-0.2, 0) is 11.2 Å². The Morgan fingerprint density at radius 3 is 2.91 bits per heavy atom. The molecule has 0 aliphatic heterocycles. The summed E-state index contributed by atoms with van der Waals surface area (Å²) in [6, 6.07) is 7.36. The van der Waals surface area contributed by atoms with Gasteiger partial charge in [0.2, 0.25) is 5.91 Å². The third-order valence-electron chi connectivity index (χ3n) is 4.27. The van der Waals surface area contributed by atoms with E-state index in [0.29, 0.717) is 48.5 Å². The normalized spacial score (nSPS) is 15.5. The van der Waals surface area contributed by atoms with Crippen molar-refractivity contribution in [2.24, 2.45) is 11.7 Å². The molecule has 1 heterocycles. The topological polar surface area (TPSA) is 101 Å². The summed E-state index contributed by atoms with van der Waals surface area (Å²) in [5.74, 6) is 1.21. The van der Waals surface area contributed by atoms with Crippen molar-refractivity contribution in [3.63, 3.8) is 0 Å². The maximum Gasteiger partial charge on any atom is 0.258 e. The van der Waals surface area contributed by atoms with Gasteiger partial charge >= 0.3 is 0 Å². The maximum atomic E-state index is 12.0. The highest BCUT2D eigenvalue weighted by molar-refractivity contribution is 5.77. The van der Waals surface area contributed by atoms with E-state index in [1.807, 2.05) is 18.2 Å². The summed E-state index contributed by atoms with van der Waals surface area (Å²) in [6.07, 6.45) is 3.95. The lowest BCUT2D eigenvalue weighted by molar-refractivity contribution is -0.122. The van der Waals surface area contributed by atoms with E-state index < -0.39 is 0 Å². The first-order valence-corrected chi connectivity index (χ1v) is 8.14. The monoisotopic (exact) mass is 314 g/mol. The Morgan fingerprint density at radius 2 is 2.17 bits per heavy atom. The fourth-order valence-corrected chi connectivity index (χ4v) is 2.82. The number of nitrogens with zero attached hydrogens (tertiary/aromatic N) is 1. The van der Waals surface area contributed by atoms with Crippen LogP contribution >= 0.6 is 0 Å². The molecule has 0 bridgehead atoms. The summed E-state index contributed by atoms with van der Waals surface area (Å²) in [4.78, 5) is 31.2. The number of aromatic amines is 1. The van der Waals surface area contributed by atoms with Gasteiger partial charge < -0.3 is 16.0 Å². The molecule has 1 atom stereocenters. The average Bonchev–Trinajstić information content (AvgIpc) is 3.37. The molecule has 1 aliphatic rings. The molecule has 2 aromatic rings. The molecule has 122 valence electrons. The zero-order valence-electron chi connectivity index (χ0n) is 13.0. The maximum absolute atomic E-state index is 12.0. The van der Waals surface area contributed by atoms with Gasteiger partial charge in [0, 0.05) is 25.4 Å². The standard InChI is InChI=1S/C17H22N4O2/c18-10-14(11-8-9-11)20-16(22)7-3-6-15-19-13-5-2-1-4-12(13)17(23)21-15/h1-2,4-5,11,14H,3,6-10,18H2,(H,20,22)(H,19,21,23). The van der Waals surface area contributed by atoms with Gasteiger partial charge in [0.25, 0.3) is 5.56 Å². The van der Waals surface area contributed by atoms with Crippen molar-refractivity contribution in [2.75, 3.05) is 6.54 Å². The van der Waals surface area contributed by atoms with E-state index in [4.69, 9.17) is 5.73 Å². The predicted octanol–water partition coefficient (Wildman–Crippen LogP) is 1.10. The van der Waals surface area contributed by atoms with Crippen molar-refractivity contribution in [3.8, 4) is 0 Å². The number of hydrogen-bond acceptors (Lipinski definition) is 4. The molecular formula is C17H22N4O2. The zero-order chi connectivity index (χ0) is 16.2. The number of H-pyrrole nitrogens is 1. The van der Waals surface area contributed by atoms with E-state index in [0.717, 1.165) is 12.8 Å². The Bertz CT molecular complexity index is 752. The van der Waals surface area contributed by atoms with Crippen LogP contribution < -0.4 is 16.6 Å². The number of para-hydroxylation sites is 1. The van der Waals surface area contributed by atoms with Gasteiger partial charge in [0.1, 0.15) is 5.82 Å². The Labute approximate surface area is 134 Å². The van der Waals surface area contributed by atoms with E-state index in [-0.39, 0.29) is 17.5 Å². The number of aromatic nitrogens is 2. The van der Waals surface area contributed by atoms with Crippen LogP contribution in [0.25, 0.3) is 10.9 Å². The number of carbonyl (C=O) groups excluding carboxylic acids is 1. The van der Waals surface area contributed by atoms with Crippen LogP contribution in [0, 0.1) is 5.92 Å². The molecule has 1 fully saturated rings. The molecule has 0 radical (unpaired) electrons. The highest BCUT2D eigenvalue weighted by Gasteiger charge is 2.30. The largest absolute Gasteiger partial charge is 0.352 e. The van der Waals surface area contributed by atoms with E-state index in [1.165, 1.54) is 0 Å². The molecule has 1 aromatic carbocycles. The molecule has 1 saturated carbocycles. The lowest BCUT2D eigenvalue weighted by Crippen LogP contribution is -2.41. The number of benzene rings is 1. The summed E-state index contributed by atoms with van der Waals surface area (Å²) < 4.78 is 0. The van der Waals surface area contributed by atoms with Gasteiger partial charge in [0.05, 0.1) is 10.9 Å². The van der Waals surface area contributed by atoms with Gasteiger partial charge in [-0.2, -0.15) is 0 Å². The van der Waals surface area contributed by atoms with E-state index >= 15 is 0 Å². The summed E-state index contributed by atoms with van der Waals surface area (Å²) in [5.41, 5.74) is 6.24. The summed E-state index contributed by atoms with van der Waals surface area (Å²) in [6.45, 7) is 0.496. The molecule has 0 saturated heterocycles. The number of nitrogens with two attached hydrogens (primary N) is 1. The van der Waals surface area contributed by atoms with E-state index in [2.05, 4.69) is 15.3 Å². The van der Waals surface area contributed by atoms with Crippen LogP contribution in [0.2, 0.25) is 0 Å². The van der Waals surface area contributed by atoms with Crippen molar-refractivity contribution >= 4 is 16.8 Å². The number of amides is 1. The molecule has 1 amide bonds. The highest BCUT2D eigenvalue weighted by atomic mass is 16.1. The average molecular weight is 314 g/mol. The Hall–Kier alpha value is -2.21. The molecule has 3 rings (SSSR count). The Balaban J connectivity index is 1.54. The van der Waals surface area contributed by atoms with Crippen molar-refractivity contribution in [1.82, 2.24) is 15.3 Å². The van der Waals surface area contributed by atoms with E-state index in [9.17, 15) is 9.59 Å². The van der Waals surface area contributed by atoms with Crippen molar-refractivity contribution in [2.45, 2.75) is 38.1 Å². The zero-order valence-corrected chi connectivity index (χ0v) is 13.0. The predicted molar refractivity (Wildman–Crippen MR) is 89.0 cm³/mol. The number of fused-ring (bicyclic) bond motifs is 1. The minimum Gasteiger partial charge on any atom is -0.352 e. The van der Waals surface area contributed by atoms with Gasteiger partial charge in [-0.1, -0.05) is 12.1 Å². The van der Waals surface area contributed by atoms with Crippen molar-refractivity contribution in [3.05, 3.63) is 40.4 Å².